The Bertz CT molecular complexity index is 522. The zero-order valence-corrected chi connectivity index (χ0v) is 13.5. The Kier molecular flexibility index (Phi) is 7.78. The van der Waals surface area contributed by atoms with E-state index in [9.17, 15) is 43.2 Å². The Hall–Kier alpha value is -0.600. The first-order chi connectivity index (χ1) is 10.1. The standard InChI is InChI=1S/C7H15N.C2F6NO4S2/c1-2-5-8-6-3-4-7-8;3-1(4,5)14(10,11)9-15(12,13)2(6,7)8/h2-7H2,1H3;/q;-1. The van der Waals surface area contributed by atoms with Gasteiger partial charge in [0.2, 0.25) is 0 Å². The van der Waals surface area contributed by atoms with Gasteiger partial charge in [0.25, 0.3) is 0 Å². The summed E-state index contributed by atoms with van der Waals surface area (Å²) in [4.78, 5) is 2.54. The number of likely N-dealkylation sites (tertiary alicyclic amines) is 1. The van der Waals surface area contributed by atoms with E-state index in [1.807, 2.05) is 0 Å². The highest BCUT2D eigenvalue weighted by atomic mass is 32.3. The second-order valence-corrected chi connectivity index (χ2v) is 7.89. The SMILES string of the molecule is CCCN1CCCC1.O=S(=O)([N-]S(=O)(=O)C(F)(F)F)C(F)(F)F. The third-order valence-electron chi connectivity index (χ3n) is 2.52. The molecule has 23 heavy (non-hydrogen) atoms. The second kappa shape index (κ2) is 7.98. The number of hydrogen-bond acceptors (Lipinski definition) is 5. The van der Waals surface area contributed by atoms with Gasteiger partial charge in [0.1, 0.15) is 0 Å². The van der Waals surface area contributed by atoms with Crippen molar-refractivity contribution in [3.63, 3.8) is 0 Å². The van der Waals surface area contributed by atoms with Crippen LogP contribution in [0.1, 0.15) is 26.2 Å². The van der Waals surface area contributed by atoms with Crippen molar-refractivity contribution in [1.29, 1.82) is 0 Å². The maximum absolute atomic E-state index is 11.4. The molecule has 6 nitrogen and oxygen atoms in total. The van der Waals surface area contributed by atoms with Crippen molar-refractivity contribution in [1.82, 2.24) is 4.90 Å². The first kappa shape index (κ1) is 22.4. The summed E-state index contributed by atoms with van der Waals surface area (Å²) in [6, 6.07) is 0. The number of halogens is 6. The van der Waals surface area contributed by atoms with Crippen LogP contribution in [-0.4, -0.2) is 52.4 Å². The highest BCUT2D eigenvalue weighted by molar-refractivity contribution is 8.13. The molecule has 0 N–H and O–H groups in total. The minimum Gasteiger partial charge on any atom is -0.421 e. The van der Waals surface area contributed by atoms with Gasteiger partial charge in [0, 0.05) is 0 Å². The van der Waals surface area contributed by atoms with Crippen molar-refractivity contribution in [3.05, 3.63) is 4.13 Å². The molecule has 0 bridgehead atoms. The molecular weight excluding hydrogens is 378 g/mol. The molecule has 1 saturated heterocycles. The van der Waals surface area contributed by atoms with E-state index in [1.165, 1.54) is 38.9 Å². The Morgan fingerprint density at radius 2 is 1.22 bits per heavy atom. The maximum atomic E-state index is 11.4. The Labute approximate surface area is 129 Å². The smallest absolute Gasteiger partial charge is 0.421 e. The molecule has 1 aliphatic heterocycles. The number of alkyl halides is 6. The fourth-order valence-corrected chi connectivity index (χ4v) is 3.25. The molecule has 0 radical (unpaired) electrons. The highest BCUT2D eigenvalue weighted by Crippen LogP contribution is 2.36. The first-order valence-corrected chi connectivity index (χ1v) is 9.11. The molecule has 0 unspecified atom stereocenters. The summed E-state index contributed by atoms with van der Waals surface area (Å²) in [5.74, 6) is 0. The lowest BCUT2D eigenvalue weighted by Gasteiger charge is -2.22. The van der Waals surface area contributed by atoms with Gasteiger partial charge < -0.3 is 9.03 Å². The number of rotatable bonds is 4. The maximum Gasteiger partial charge on any atom is 0.480 e. The molecule has 1 fully saturated rings. The van der Waals surface area contributed by atoms with Crippen LogP contribution in [0.5, 0.6) is 0 Å². The van der Waals surface area contributed by atoms with Gasteiger partial charge >= 0.3 is 11.0 Å². The summed E-state index contributed by atoms with van der Waals surface area (Å²) in [6.07, 6.45) is 4.18. The zero-order chi connectivity index (χ0) is 18.5. The van der Waals surface area contributed by atoms with E-state index in [4.69, 9.17) is 0 Å². The average molecular weight is 393 g/mol. The number of hydrogen-bond donors (Lipinski definition) is 0. The molecule has 1 aliphatic rings. The van der Waals surface area contributed by atoms with E-state index in [0.717, 1.165) is 4.13 Å². The summed E-state index contributed by atoms with van der Waals surface area (Å²) in [6.45, 7) is 6.28. The van der Waals surface area contributed by atoms with Gasteiger partial charge in [-0.05, 0) is 38.9 Å². The van der Waals surface area contributed by atoms with Gasteiger partial charge in [-0.15, -0.1) is 0 Å². The van der Waals surface area contributed by atoms with Gasteiger partial charge in [-0.2, -0.15) is 26.3 Å². The van der Waals surface area contributed by atoms with Crippen LogP contribution >= 0.6 is 0 Å². The van der Waals surface area contributed by atoms with E-state index < -0.39 is 31.1 Å². The lowest BCUT2D eigenvalue weighted by molar-refractivity contribution is -0.0444. The van der Waals surface area contributed by atoms with Gasteiger partial charge in [0.15, 0.2) is 20.0 Å². The molecule has 0 aromatic carbocycles. The lowest BCUT2D eigenvalue weighted by Crippen LogP contribution is -2.30. The van der Waals surface area contributed by atoms with Crippen molar-refractivity contribution in [2.24, 2.45) is 0 Å². The van der Waals surface area contributed by atoms with Crippen LogP contribution in [-0.2, 0) is 20.0 Å². The van der Waals surface area contributed by atoms with Crippen LogP contribution in [0.15, 0.2) is 0 Å². The molecule has 0 aliphatic carbocycles. The second-order valence-electron chi connectivity index (χ2n) is 4.46. The number of nitrogens with zero attached hydrogens (tertiary/aromatic N) is 2. The van der Waals surface area contributed by atoms with Crippen molar-refractivity contribution in [3.8, 4) is 0 Å². The molecule has 1 rings (SSSR count). The molecule has 0 aromatic heterocycles. The van der Waals surface area contributed by atoms with Crippen LogP contribution in [0.2, 0.25) is 0 Å². The molecule has 1 heterocycles. The molecule has 0 aromatic rings. The molecule has 0 saturated carbocycles. The molecule has 140 valence electrons. The minimum absolute atomic E-state index is 0.778. The summed E-state index contributed by atoms with van der Waals surface area (Å²) in [5.41, 5.74) is -12.4. The predicted octanol–water partition coefficient (Wildman–Crippen LogP) is 2.55. The highest BCUT2D eigenvalue weighted by Gasteiger charge is 2.46. The molecule has 0 spiro atoms. The van der Waals surface area contributed by atoms with Gasteiger partial charge in [-0.25, -0.2) is 16.8 Å². The van der Waals surface area contributed by atoms with Crippen molar-refractivity contribution in [2.45, 2.75) is 37.2 Å². The molecular formula is C9H15F6N2O4S2-. The Balaban J connectivity index is 0.000000502. The van der Waals surface area contributed by atoms with Crippen LogP contribution < -0.4 is 0 Å². The summed E-state index contributed by atoms with van der Waals surface area (Å²) >= 11 is 0. The summed E-state index contributed by atoms with van der Waals surface area (Å²) < 4.78 is 109. The summed E-state index contributed by atoms with van der Waals surface area (Å²) in [7, 11) is -13.4. The molecule has 0 atom stereocenters. The van der Waals surface area contributed by atoms with Crippen LogP contribution in [0, 0.1) is 0 Å². The van der Waals surface area contributed by atoms with Crippen molar-refractivity contribution < 1.29 is 43.2 Å². The zero-order valence-electron chi connectivity index (χ0n) is 11.9. The van der Waals surface area contributed by atoms with Gasteiger partial charge in [-0.3, -0.25) is 0 Å². The monoisotopic (exact) mass is 393 g/mol. The summed E-state index contributed by atoms with van der Waals surface area (Å²) in [5, 5.41) is 0. The van der Waals surface area contributed by atoms with E-state index in [0.29, 0.717) is 0 Å². The molecule has 14 heteroatoms. The fourth-order valence-electron chi connectivity index (χ4n) is 1.54. The Morgan fingerprint density at radius 1 is 0.870 bits per heavy atom. The third-order valence-corrected chi connectivity index (χ3v) is 5.26. The van der Waals surface area contributed by atoms with Crippen molar-refractivity contribution >= 4 is 20.0 Å². The lowest BCUT2D eigenvalue weighted by atomic mass is 10.4. The fraction of sp³-hybridized carbons (Fsp3) is 1.00. The van der Waals surface area contributed by atoms with E-state index in [1.54, 1.807) is 0 Å². The number of sulfonamides is 2. The van der Waals surface area contributed by atoms with Crippen LogP contribution in [0.25, 0.3) is 4.13 Å². The van der Waals surface area contributed by atoms with E-state index in [2.05, 4.69) is 11.8 Å². The largest absolute Gasteiger partial charge is 0.480 e. The minimum atomic E-state index is -6.72. The van der Waals surface area contributed by atoms with Crippen molar-refractivity contribution in [2.75, 3.05) is 19.6 Å². The van der Waals surface area contributed by atoms with Gasteiger partial charge in [0.05, 0.1) is 0 Å². The normalized spacial score (nSPS) is 17.7. The predicted molar refractivity (Wildman–Crippen MR) is 69.3 cm³/mol. The van der Waals surface area contributed by atoms with E-state index >= 15 is 0 Å². The van der Waals surface area contributed by atoms with Crippen LogP contribution in [0.4, 0.5) is 26.3 Å². The van der Waals surface area contributed by atoms with Crippen LogP contribution in [0.3, 0.4) is 0 Å². The van der Waals surface area contributed by atoms with Gasteiger partial charge in [-0.1, -0.05) is 6.92 Å². The topological polar surface area (TPSA) is 85.6 Å². The molecule has 0 amide bonds. The quantitative estimate of drug-likeness (QED) is 0.686. The average Bonchev–Trinajstić information content (AvgIpc) is 2.78. The third kappa shape index (κ3) is 7.22. The van der Waals surface area contributed by atoms with E-state index in [-0.39, 0.29) is 0 Å². The first-order valence-electron chi connectivity index (χ1n) is 6.23. The Morgan fingerprint density at radius 3 is 1.48 bits per heavy atom.